The second-order valence-corrected chi connectivity index (χ2v) is 24.0. The van der Waals surface area contributed by atoms with Gasteiger partial charge in [0.2, 0.25) is 0 Å². The van der Waals surface area contributed by atoms with Crippen LogP contribution in [0.3, 0.4) is 0 Å². The monoisotopic (exact) mass is 844 g/mol. The number of hydrogen-bond donors (Lipinski definition) is 0. The third-order valence-electron chi connectivity index (χ3n) is 9.01. The Bertz CT molecular complexity index is 1700. The molecular weight excluding hydrogens is 797 g/mol. The number of rotatable bonds is 20. The molecule has 0 N–H and O–H groups in total. The summed E-state index contributed by atoms with van der Waals surface area (Å²) in [4.78, 5) is 10.5. The molecule has 0 radical (unpaired) electrons. The van der Waals surface area contributed by atoms with Crippen molar-refractivity contribution in [1.82, 2.24) is 9.97 Å². The average Bonchev–Trinajstić information content (AvgIpc) is 3.81. The fraction of sp³-hybridized carbons (Fsp3) is 0.421. The number of nitrogens with zero attached hydrogens (tertiary/aromatic N) is 2. The molecule has 4 atom stereocenters. The van der Waals surface area contributed by atoms with Crippen molar-refractivity contribution < 1.29 is 26.6 Å². The Balaban J connectivity index is 1.43. The normalized spacial score (nSPS) is 23.1. The highest BCUT2D eigenvalue weighted by Gasteiger charge is 2.68. The first-order chi connectivity index (χ1) is 25.9. The number of allylic oxidation sites excluding steroid dienone is 6. The SMILES string of the molecule is CCO[Si](OCC)(OCC)C1(c2nc3ccccc3s2)C=CC=CC1SSSC1C=CC=CC1(c1nc2ccccc2s1)[Si](OCC)(OCC)OCC. The molecule has 2 aliphatic carbocycles. The standard InChI is InChI=1S/C38H48N2O6S5Si2/c1-7-41-52(42-8-2,43-9-3)37(35-39-29-21-13-15-23-31(29)47-35)27-19-17-25-33(37)49-51-50-34-26-18-20-28-38(34,53(44-10-4,45-11-5)46-12-6)36-40-30-22-14-16-24-32(30)48-36/h13-28,33-34H,7-12H2,1-6H3. The Hall–Kier alpha value is -1.58. The lowest BCUT2D eigenvalue weighted by Crippen LogP contribution is -2.66. The summed E-state index contributed by atoms with van der Waals surface area (Å²) in [5.74, 6) is 0. The topological polar surface area (TPSA) is 81.2 Å². The molecule has 284 valence electrons. The number of hydrogen-bond acceptors (Lipinski definition) is 13. The van der Waals surface area contributed by atoms with Crippen molar-refractivity contribution in [3.05, 3.63) is 107 Å². The van der Waals surface area contributed by atoms with E-state index in [1.807, 2.05) is 53.7 Å². The molecule has 4 aromatic rings. The molecule has 2 aromatic carbocycles. The third kappa shape index (κ3) is 7.64. The number of fused-ring (bicyclic) bond motifs is 2. The Morgan fingerprint density at radius 1 is 0.547 bits per heavy atom. The molecule has 0 fully saturated rings. The van der Waals surface area contributed by atoms with Gasteiger partial charge in [-0.15, -0.1) is 22.7 Å². The minimum absolute atomic E-state index is 0.130. The zero-order valence-corrected chi connectivity index (χ0v) is 37.1. The van der Waals surface area contributed by atoms with Crippen LogP contribution in [0, 0.1) is 0 Å². The van der Waals surface area contributed by atoms with Gasteiger partial charge in [-0.2, -0.15) is 0 Å². The van der Waals surface area contributed by atoms with Crippen LogP contribution in [-0.2, 0) is 36.6 Å². The first kappa shape index (κ1) is 41.1. The van der Waals surface area contributed by atoms with Crippen LogP contribution >= 0.6 is 54.1 Å². The highest BCUT2D eigenvalue weighted by molar-refractivity contribution is 9.09. The summed E-state index contributed by atoms with van der Waals surface area (Å²) in [6.45, 7) is 14.8. The summed E-state index contributed by atoms with van der Waals surface area (Å²) in [5.41, 5.74) is 1.91. The van der Waals surface area contributed by atoms with Gasteiger partial charge in [0, 0.05) is 39.6 Å². The molecular formula is C38H48N2O6S5Si2. The predicted molar refractivity (Wildman–Crippen MR) is 231 cm³/mol. The van der Waals surface area contributed by atoms with Gasteiger partial charge in [0.05, 0.1) is 30.9 Å². The number of para-hydroxylation sites is 2. The van der Waals surface area contributed by atoms with Crippen LogP contribution in [0.4, 0.5) is 0 Å². The lowest BCUT2D eigenvalue weighted by atomic mass is 9.99. The van der Waals surface area contributed by atoms with Crippen LogP contribution in [0.15, 0.2) is 97.1 Å². The summed E-state index contributed by atoms with van der Waals surface area (Å²) < 4.78 is 42.7. The van der Waals surface area contributed by atoms with E-state index in [1.165, 1.54) is 0 Å². The largest absolute Gasteiger partial charge is 0.520 e. The molecule has 4 unspecified atom stereocenters. The van der Waals surface area contributed by atoms with Crippen molar-refractivity contribution in [2.24, 2.45) is 0 Å². The maximum absolute atomic E-state index is 6.75. The quantitative estimate of drug-likeness (QED) is 0.0630. The summed E-state index contributed by atoms with van der Waals surface area (Å²) in [6.07, 6.45) is 17.4. The summed E-state index contributed by atoms with van der Waals surface area (Å²) >= 11 is 3.38. The van der Waals surface area contributed by atoms with Crippen molar-refractivity contribution in [2.75, 3.05) is 39.6 Å². The average molecular weight is 845 g/mol. The van der Waals surface area contributed by atoms with Crippen molar-refractivity contribution >= 4 is 92.1 Å². The summed E-state index contributed by atoms with van der Waals surface area (Å²) in [7, 11) is -1.66. The molecule has 6 rings (SSSR count). The molecule has 0 bridgehead atoms. The lowest BCUT2D eigenvalue weighted by molar-refractivity contribution is 0.0513. The van der Waals surface area contributed by atoms with Crippen LogP contribution in [-0.4, -0.2) is 77.7 Å². The Morgan fingerprint density at radius 3 is 1.25 bits per heavy atom. The smallest absolute Gasteiger partial charge is 0.373 e. The molecule has 0 spiro atoms. The molecule has 8 nitrogen and oxygen atoms in total. The van der Waals surface area contributed by atoms with E-state index in [9.17, 15) is 0 Å². The van der Waals surface area contributed by atoms with E-state index in [2.05, 4.69) is 85.0 Å². The number of thiazole rings is 2. The van der Waals surface area contributed by atoms with Crippen LogP contribution in [0.25, 0.3) is 20.4 Å². The Labute approximate surface area is 335 Å². The maximum atomic E-state index is 6.75. The van der Waals surface area contributed by atoms with Gasteiger partial charge in [0.15, 0.2) is 0 Å². The maximum Gasteiger partial charge on any atom is 0.520 e. The van der Waals surface area contributed by atoms with E-state index in [-0.39, 0.29) is 10.5 Å². The van der Waals surface area contributed by atoms with Gasteiger partial charge in [-0.05, 0) is 75.6 Å². The first-order valence-corrected chi connectivity index (χ1v) is 26.9. The minimum atomic E-state index is -3.48. The van der Waals surface area contributed by atoms with Crippen LogP contribution < -0.4 is 0 Å². The molecule has 53 heavy (non-hydrogen) atoms. The highest BCUT2D eigenvalue weighted by atomic mass is 33.5. The van der Waals surface area contributed by atoms with Crippen molar-refractivity contribution in [2.45, 2.75) is 62.1 Å². The van der Waals surface area contributed by atoms with Crippen LogP contribution in [0.2, 0.25) is 0 Å². The Morgan fingerprint density at radius 2 is 0.906 bits per heavy atom. The molecule has 0 amide bonds. The van der Waals surface area contributed by atoms with Gasteiger partial charge in [-0.3, -0.25) is 0 Å². The van der Waals surface area contributed by atoms with E-state index in [1.54, 1.807) is 54.1 Å². The molecule has 0 saturated heterocycles. The molecule has 15 heteroatoms. The van der Waals surface area contributed by atoms with Gasteiger partial charge >= 0.3 is 17.6 Å². The number of aromatic nitrogens is 2. The predicted octanol–water partition coefficient (Wildman–Crippen LogP) is 10.3. The van der Waals surface area contributed by atoms with E-state index in [0.717, 1.165) is 30.4 Å². The molecule has 2 heterocycles. The van der Waals surface area contributed by atoms with E-state index < -0.39 is 27.7 Å². The molecule has 0 saturated carbocycles. The van der Waals surface area contributed by atoms with Crippen LogP contribution in [0.1, 0.15) is 51.6 Å². The number of benzene rings is 2. The fourth-order valence-corrected chi connectivity index (χ4v) is 23.5. The summed E-state index contributed by atoms with van der Waals surface area (Å²) in [6, 6.07) is 16.6. The minimum Gasteiger partial charge on any atom is -0.373 e. The van der Waals surface area contributed by atoms with Gasteiger partial charge < -0.3 is 26.6 Å². The second kappa shape index (κ2) is 18.6. The van der Waals surface area contributed by atoms with E-state index in [4.69, 9.17) is 36.5 Å². The van der Waals surface area contributed by atoms with Crippen molar-refractivity contribution in [3.63, 3.8) is 0 Å². The first-order valence-electron chi connectivity index (χ1n) is 18.2. The van der Waals surface area contributed by atoms with E-state index in [0.29, 0.717) is 39.6 Å². The van der Waals surface area contributed by atoms with Gasteiger partial charge in [-0.25, -0.2) is 9.97 Å². The van der Waals surface area contributed by atoms with Gasteiger partial charge in [0.1, 0.15) is 20.1 Å². The van der Waals surface area contributed by atoms with E-state index >= 15 is 0 Å². The third-order valence-corrected chi connectivity index (χ3v) is 24.4. The second-order valence-electron chi connectivity index (χ2n) is 12.0. The fourth-order valence-electron chi connectivity index (χ4n) is 6.97. The zero-order chi connectivity index (χ0) is 37.4. The molecule has 0 aliphatic heterocycles. The van der Waals surface area contributed by atoms with Crippen LogP contribution in [0.5, 0.6) is 0 Å². The molecule has 2 aliphatic rings. The molecule has 2 aromatic heterocycles. The Kier molecular flexibility index (Phi) is 14.4. The summed E-state index contributed by atoms with van der Waals surface area (Å²) in [5, 5.41) is 0.0504. The highest BCUT2D eigenvalue weighted by Crippen LogP contribution is 2.58. The lowest BCUT2D eigenvalue weighted by Gasteiger charge is -2.47. The zero-order valence-electron chi connectivity index (χ0n) is 31.0. The van der Waals surface area contributed by atoms with Gasteiger partial charge in [0.25, 0.3) is 0 Å². The van der Waals surface area contributed by atoms with Crippen molar-refractivity contribution in [3.8, 4) is 0 Å². The van der Waals surface area contributed by atoms with Gasteiger partial charge in [-0.1, -0.05) is 94.5 Å². The van der Waals surface area contributed by atoms with Crippen molar-refractivity contribution in [1.29, 1.82) is 0 Å².